The number of nitrogens with zero attached hydrogens (tertiary/aromatic N) is 3. The largest absolute Gasteiger partial charge is 0.472 e. The number of hydrogen-bond acceptors (Lipinski definition) is 6. The van der Waals surface area contributed by atoms with Crippen LogP contribution in [0.3, 0.4) is 0 Å². The quantitative estimate of drug-likeness (QED) is 0.836. The van der Waals surface area contributed by atoms with Gasteiger partial charge in [0.1, 0.15) is 11.9 Å². The fraction of sp³-hybridized carbons (Fsp3) is 0.421. The van der Waals surface area contributed by atoms with E-state index in [1.165, 1.54) is 0 Å². The summed E-state index contributed by atoms with van der Waals surface area (Å²) in [6, 6.07) is 7.39. The van der Waals surface area contributed by atoms with E-state index in [2.05, 4.69) is 9.97 Å². The van der Waals surface area contributed by atoms with E-state index in [0.717, 1.165) is 30.7 Å². The summed E-state index contributed by atoms with van der Waals surface area (Å²) in [5.74, 6) is 2.76. The molecule has 136 valence electrons. The number of fused-ring (bicyclic) bond motifs is 1. The Labute approximate surface area is 151 Å². The van der Waals surface area contributed by atoms with Gasteiger partial charge in [-0.2, -0.15) is 4.98 Å². The lowest BCUT2D eigenvalue weighted by Gasteiger charge is -2.32. The van der Waals surface area contributed by atoms with Crippen molar-refractivity contribution < 1.29 is 19.0 Å². The minimum atomic E-state index is -0.0428. The molecule has 1 amide bonds. The van der Waals surface area contributed by atoms with Crippen LogP contribution in [-0.2, 0) is 11.2 Å². The second-order valence-corrected chi connectivity index (χ2v) is 6.53. The molecule has 2 aliphatic heterocycles. The number of piperidine rings is 1. The van der Waals surface area contributed by atoms with Crippen molar-refractivity contribution in [2.45, 2.75) is 32.3 Å². The van der Waals surface area contributed by atoms with Gasteiger partial charge in [0.05, 0.1) is 13.0 Å². The number of amides is 1. The van der Waals surface area contributed by atoms with Crippen molar-refractivity contribution in [3.63, 3.8) is 0 Å². The molecule has 0 saturated carbocycles. The summed E-state index contributed by atoms with van der Waals surface area (Å²) in [4.78, 5) is 22.9. The normalized spacial score (nSPS) is 18.7. The molecular formula is C19H21N3O4. The number of ether oxygens (including phenoxy) is 3. The molecule has 26 heavy (non-hydrogen) atoms. The van der Waals surface area contributed by atoms with Crippen LogP contribution in [0.5, 0.6) is 17.4 Å². The third-order valence-corrected chi connectivity index (χ3v) is 4.56. The molecule has 0 spiro atoms. The van der Waals surface area contributed by atoms with Gasteiger partial charge in [-0.15, -0.1) is 0 Å². The average Bonchev–Trinajstić information content (AvgIpc) is 3.10. The predicted molar refractivity (Wildman–Crippen MR) is 93.3 cm³/mol. The fourth-order valence-corrected chi connectivity index (χ4v) is 3.27. The molecule has 0 radical (unpaired) electrons. The summed E-state index contributed by atoms with van der Waals surface area (Å²) in [6.07, 6.45) is 3.82. The molecule has 1 aromatic heterocycles. The first-order chi connectivity index (χ1) is 12.7. The molecule has 1 atom stereocenters. The molecule has 0 bridgehead atoms. The van der Waals surface area contributed by atoms with E-state index in [1.807, 2.05) is 30.0 Å². The second-order valence-electron chi connectivity index (χ2n) is 6.53. The van der Waals surface area contributed by atoms with Gasteiger partial charge in [0, 0.05) is 18.8 Å². The highest BCUT2D eigenvalue weighted by atomic mass is 16.7. The molecule has 2 aromatic rings. The zero-order valence-corrected chi connectivity index (χ0v) is 14.7. The van der Waals surface area contributed by atoms with Gasteiger partial charge in [-0.3, -0.25) is 4.79 Å². The number of carbonyl (C=O) groups is 1. The summed E-state index contributed by atoms with van der Waals surface area (Å²) in [7, 11) is 0. The van der Waals surface area contributed by atoms with Gasteiger partial charge in [-0.1, -0.05) is 6.07 Å². The smallest absolute Gasteiger partial charge is 0.231 e. The molecular weight excluding hydrogens is 334 g/mol. The Kier molecular flexibility index (Phi) is 4.60. The molecule has 4 rings (SSSR count). The SMILES string of the molecule is Cc1nccc(OC2CCCN(C(=O)Cc3ccc4c(c3)OCO4)C2)n1. The number of carbonyl (C=O) groups excluding carboxylic acids is 1. The second kappa shape index (κ2) is 7.19. The van der Waals surface area contributed by atoms with Gasteiger partial charge in [-0.05, 0) is 37.5 Å². The van der Waals surface area contributed by atoms with E-state index >= 15 is 0 Å². The van der Waals surface area contributed by atoms with Crippen LogP contribution in [0.25, 0.3) is 0 Å². The van der Waals surface area contributed by atoms with E-state index < -0.39 is 0 Å². The average molecular weight is 355 g/mol. The molecule has 1 unspecified atom stereocenters. The maximum atomic E-state index is 12.7. The Morgan fingerprint density at radius 3 is 3.08 bits per heavy atom. The molecule has 7 nitrogen and oxygen atoms in total. The van der Waals surface area contributed by atoms with Crippen LogP contribution >= 0.6 is 0 Å². The maximum Gasteiger partial charge on any atom is 0.231 e. The minimum Gasteiger partial charge on any atom is -0.472 e. The molecule has 0 aliphatic carbocycles. The zero-order valence-electron chi connectivity index (χ0n) is 14.7. The summed E-state index contributed by atoms with van der Waals surface area (Å²) >= 11 is 0. The standard InChI is InChI=1S/C19H21N3O4/c1-13-20-7-6-18(21-13)26-15-3-2-8-22(11-15)19(23)10-14-4-5-16-17(9-14)25-12-24-16/h4-7,9,15H,2-3,8,10-12H2,1H3. The predicted octanol–water partition coefficient (Wildman–Crippen LogP) is 2.13. The van der Waals surface area contributed by atoms with Gasteiger partial charge in [0.15, 0.2) is 11.5 Å². The Morgan fingerprint density at radius 2 is 2.19 bits per heavy atom. The molecule has 1 aromatic carbocycles. The van der Waals surface area contributed by atoms with Crippen molar-refractivity contribution in [2.24, 2.45) is 0 Å². The lowest BCUT2D eigenvalue weighted by atomic mass is 10.1. The van der Waals surface area contributed by atoms with Crippen molar-refractivity contribution in [1.29, 1.82) is 0 Å². The number of hydrogen-bond donors (Lipinski definition) is 0. The fourth-order valence-electron chi connectivity index (χ4n) is 3.27. The number of rotatable bonds is 4. The van der Waals surface area contributed by atoms with Crippen LogP contribution in [-0.4, -0.2) is 46.8 Å². The van der Waals surface area contributed by atoms with E-state index in [4.69, 9.17) is 14.2 Å². The summed E-state index contributed by atoms with van der Waals surface area (Å²) < 4.78 is 16.6. The monoisotopic (exact) mass is 355 g/mol. The van der Waals surface area contributed by atoms with Crippen molar-refractivity contribution in [1.82, 2.24) is 14.9 Å². The number of likely N-dealkylation sites (tertiary alicyclic amines) is 1. The van der Waals surface area contributed by atoms with Crippen LogP contribution < -0.4 is 14.2 Å². The summed E-state index contributed by atoms with van der Waals surface area (Å²) in [5.41, 5.74) is 0.925. The Morgan fingerprint density at radius 1 is 1.31 bits per heavy atom. The van der Waals surface area contributed by atoms with Crippen molar-refractivity contribution in [2.75, 3.05) is 19.9 Å². The van der Waals surface area contributed by atoms with Crippen LogP contribution in [0.1, 0.15) is 24.2 Å². The number of benzene rings is 1. The topological polar surface area (TPSA) is 73.8 Å². The maximum absolute atomic E-state index is 12.7. The lowest BCUT2D eigenvalue weighted by molar-refractivity contribution is -0.133. The molecule has 3 heterocycles. The van der Waals surface area contributed by atoms with E-state index in [-0.39, 0.29) is 18.8 Å². The van der Waals surface area contributed by atoms with Gasteiger partial charge < -0.3 is 19.1 Å². The van der Waals surface area contributed by atoms with Crippen molar-refractivity contribution in [3.8, 4) is 17.4 Å². The van der Waals surface area contributed by atoms with Crippen LogP contribution in [0.4, 0.5) is 0 Å². The third-order valence-electron chi connectivity index (χ3n) is 4.56. The van der Waals surface area contributed by atoms with Crippen LogP contribution in [0.15, 0.2) is 30.5 Å². The van der Waals surface area contributed by atoms with Gasteiger partial charge in [-0.25, -0.2) is 4.98 Å². The van der Waals surface area contributed by atoms with Gasteiger partial charge >= 0.3 is 0 Å². The van der Waals surface area contributed by atoms with Crippen LogP contribution in [0, 0.1) is 6.92 Å². The molecule has 2 aliphatic rings. The number of aryl methyl sites for hydroxylation is 1. The van der Waals surface area contributed by atoms with E-state index in [0.29, 0.717) is 30.4 Å². The molecule has 0 N–H and O–H groups in total. The Bertz CT molecular complexity index is 811. The minimum absolute atomic E-state index is 0.0428. The summed E-state index contributed by atoms with van der Waals surface area (Å²) in [6.45, 7) is 3.40. The number of aromatic nitrogens is 2. The Hall–Kier alpha value is -2.83. The van der Waals surface area contributed by atoms with Gasteiger partial charge in [0.25, 0.3) is 0 Å². The summed E-state index contributed by atoms with van der Waals surface area (Å²) in [5, 5.41) is 0. The van der Waals surface area contributed by atoms with E-state index in [1.54, 1.807) is 12.3 Å². The van der Waals surface area contributed by atoms with E-state index in [9.17, 15) is 4.79 Å². The highest BCUT2D eigenvalue weighted by Crippen LogP contribution is 2.32. The zero-order chi connectivity index (χ0) is 17.9. The van der Waals surface area contributed by atoms with Crippen LogP contribution in [0.2, 0.25) is 0 Å². The van der Waals surface area contributed by atoms with Crippen molar-refractivity contribution in [3.05, 3.63) is 41.9 Å². The highest BCUT2D eigenvalue weighted by molar-refractivity contribution is 5.79. The molecule has 1 fully saturated rings. The van der Waals surface area contributed by atoms with Crippen molar-refractivity contribution >= 4 is 5.91 Å². The molecule has 1 saturated heterocycles. The third kappa shape index (κ3) is 3.71. The first-order valence-electron chi connectivity index (χ1n) is 8.80. The first kappa shape index (κ1) is 16.6. The first-order valence-corrected chi connectivity index (χ1v) is 8.80. The van der Waals surface area contributed by atoms with Gasteiger partial charge in [0.2, 0.25) is 18.6 Å². The lowest BCUT2D eigenvalue weighted by Crippen LogP contribution is -2.45. The molecule has 7 heteroatoms. The Balaban J connectivity index is 1.37. The highest BCUT2D eigenvalue weighted by Gasteiger charge is 2.25.